The van der Waals surface area contributed by atoms with Crippen molar-refractivity contribution in [2.45, 2.75) is 25.3 Å². The van der Waals surface area contributed by atoms with E-state index in [1.165, 1.54) is 18.9 Å². The molecule has 1 N–H and O–H groups in total. The fourth-order valence-electron chi connectivity index (χ4n) is 1.27. The maximum absolute atomic E-state index is 9.88. The number of nitrogens with one attached hydrogen (secondary N) is 1. The Morgan fingerprint density at radius 3 is 3.00 bits per heavy atom. The molecule has 0 bridgehead atoms. The van der Waals surface area contributed by atoms with Crippen molar-refractivity contribution in [2.24, 2.45) is 4.99 Å². The van der Waals surface area contributed by atoms with Crippen LogP contribution in [0.3, 0.4) is 0 Å². The summed E-state index contributed by atoms with van der Waals surface area (Å²) in [5, 5.41) is 3.23. The molecule has 0 amide bonds. The van der Waals surface area contributed by atoms with Crippen LogP contribution in [0, 0.1) is 0 Å². The van der Waals surface area contributed by atoms with Gasteiger partial charge in [-0.25, -0.2) is 4.79 Å². The first-order valence-corrected chi connectivity index (χ1v) is 3.84. The quantitative estimate of drug-likeness (QED) is 0.473. The summed E-state index contributed by atoms with van der Waals surface area (Å²) in [4.78, 5) is 13.4. The average Bonchev–Trinajstić information content (AvgIpc) is 2.07. The van der Waals surface area contributed by atoms with Crippen LogP contribution >= 0.6 is 0 Å². The zero-order valence-corrected chi connectivity index (χ0v) is 6.47. The van der Waals surface area contributed by atoms with E-state index in [0.29, 0.717) is 5.70 Å². The Labute approximate surface area is 66.2 Å². The Morgan fingerprint density at radius 1 is 1.64 bits per heavy atom. The van der Waals surface area contributed by atoms with Gasteiger partial charge in [0, 0.05) is 6.04 Å². The third-order valence-electron chi connectivity index (χ3n) is 1.90. The Bertz CT molecular complexity index is 188. The van der Waals surface area contributed by atoms with Crippen LogP contribution in [0.5, 0.6) is 0 Å². The van der Waals surface area contributed by atoms with Crippen molar-refractivity contribution in [1.82, 2.24) is 5.32 Å². The molecule has 1 unspecified atom stereocenters. The number of nitrogens with zero attached hydrogens (tertiary/aromatic N) is 1. The Kier molecular flexibility index (Phi) is 3.02. The van der Waals surface area contributed by atoms with Crippen molar-refractivity contribution < 1.29 is 4.79 Å². The summed E-state index contributed by atoms with van der Waals surface area (Å²) in [6.45, 7) is 4.67. The fourth-order valence-corrected chi connectivity index (χ4v) is 1.27. The summed E-state index contributed by atoms with van der Waals surface area (Å²) in [7, 11) is 0. The molecule has 1 aliphatic heterocycles. The molecule has 0 aromatic heterocycles. The first-order chi connectivity index (χ1) is 5.34. The van der Waals surface area contributed by atoms with Gasteiger partial charge in [-0.3, -0.25) is 0 Å². The summed E-state index contributed by atoms with van der Waals surface area (Å²) < 4.78 is 0. The smallest absolute Gasteiger partial charge is 0.240 e. The van der Waals surface area contributed by atoms with E-state index in [-0.39, 0.29) is 6.04 Å². The second kappa shape index (κ2) is 4.06. The molecule has 3 nitrogen and oxygen atoms in total. The molecule has 3 heteroatoms. The molecule has 1 atom stereocenters. The van der Waals surface area contributed by atoms with Gasteiger partial charge in [0.1, 0.15) is 0 Å². The van der Waals surface area contributed by atoms with Gasteiger partial charge in [-0.2, -0.15) is 4.99 Å². The van der Waals surface area contributed by atoms with E-state index in [1.807, 2.05) is 0 Å². The molecule has 0 spiro atoms. The summed E-state index contributed by atoms with van der Waals surface area (Å²) >= 11 is 0. The van der Waals surface area contributed by atoms with Crippen molar-refractivity contribution in [3.63, 3.8) is 0 Å². The van der Waals surface area contributed by atoms with E-state index >= 15 is 0 Å². The van der Waals surface area contributed by atoms with Crippen molar-refractivity contribution in [3.05, 3.63) is 12.3 Å². The molecule has 0 aliphatic carbocycles. The highest BCUT2D eigenvalue weighted by molar-refractivity contribution is 5.37. The lowest BCUT2D eigenvalue weighted by atomic mass is 10.0. The van der Waals surface area contributed by atoms with Crippen LogP contribution in [-0.4, -0.2) is 18.7 Å². The largest absolute Gasteiger partial charge is 0.309 e. The summed E-state index contributed by atoms with van der Waals surface area (Å²) in [5.41, 5.74) is 0.611. The Morgan fingerprint density at radius 2 is 2.45 bits per heavy atom. The highest BCUT2D eigenvalue weighted by atomic mass is 16.1. The van der Waals surface area contributed by atoms with E-state index < -0.39 is 0 Å². The van der Waals surface area contributed by atoms with E-state index in [2.05, 4.69) is 16.9 Å². The van der Waals surface area contributed by atoms with Crippen molar-refractivity contribution in [1.29, 1.82) is 0 Å². The number of hydrogen-bond acceptors (Lipinski definition) is 3. The predicted molar refractivity (Wildman–Crippen MR) is 42.9 cm³/mol. The molecule has 0 aromatic rings. The van der Waals surface area contributed by atoms with E-state index in [9.17, 15) is 4.79 Å². The normalized spacial score (nSPS) is 23.8. The number of isocyanates is 1. The van der Waals surface area contributed by atoms with E-state index in [1.54, 1.807) is 0 Å². The van der Waals surface area contributed by atoms with Gasteiger partial charge in [-0.05, 0) is 19.4 Å². The molecule has 1 rings (SSSR count). The maximum atomic E-state index is 9.88. The van der Waals surface area contributed by atoms with Crippen LogP contribution in [0.1, 0.15) is 19.3 Å². The molecule has 0 aromatic carbocycles. The highest BCUT2D eigenvalue weighted by Gasteiger charge is 2.14. The minimum absolute atomic E-state index is 0.199. The lowest BCUT2D eigenvalue weighted by Crippen LogP contribution is -2.34. The van der Waals surface area contributed by atoms with E-state index in [0.717, 1.165) is 13.0 Å². The monoisotopic (exact) mass is 152 g/mol. The number of piperidine rings is 1. The maximum Gasteiger partial charge on any atom is 0.240 e. The van der Waals surface area contributed by atoms with Crippen molar-refractivity contribution in [2.75, 3.05) is 6.54 Å². The van der Waals surface area contributed by atoms with Gasteiger partial charge in [-0.15, -0.1) is 0 Å². The van der Waals surface area contributed by atoms with Gasteiger partial charge < -0.3 is 5.32 Å². The van der Waals surface area contributed by atoms with Crippen LogP contribution in [0.15, 0.2) is 17.3 Å². The van der Waals surface area contributed by atoms with Gasteiger partial charge in [-0.1, -0.05) is 13.0 Å². The number of aliphatic imine (C=N–C) groups is 1. The van der Waals surface area contributed by atoms with E-state index in [4.69, 9.17) is 0 Å². The van der Waals surface area contributed by atoms with Crippen LogP contribution in [0.2, 0.25) is 0 Å². The highest BCUT2D eigenvalue weighted by Crippen LogP contribution is 2.13. The summed E-state index contributed by atoms with van der Waals surface area (Å²) in [6, 6.07) is 0.199. The van der Waals surface area contributed by atoms with Gasteiger partial charge in [0.2, 0.25) is 6.08 Å². The minimum atomic E-state index is 0.199. The number of hydrogen-bond donors (Lipinski definition) is 1. The third kappa shape index (κ3) is 2.30. The zero-order valence-electron chi connectivity index (χ0n) is 6.47. The van der Waals surface area contributed by atoms with Gasteiger partial charge in [0.15, 0.2) is 0 Å². The second-order valence-electron chi connectivity index (χ2n) is 2.70. The Hall–Kier alpha value is -0.920. The first kappa shape index (κ1) is 8.18. The van der Waals surface area contributed by atoms with Crippen LogP contribution in [-0.2, 0) is 4.79 Å². The molecule has 60 valence electrons. The van der Waals surface area contributed by atoms with Crippen LogP contribution in [0.4, 0.5) is 0 Å². The standard InChI is InChI=1S/C8H12N2O/c1-7(10-6-11)8-4-2-3-5-9-8/h8-9H,1-5H2. The van der Waals surface area contributed by atoms with Gasteiger partial charge in [0.05, 0.1) is 5.70 Å². The second-order valence-corrected chi connectivity index (χ2v) is 2.70. The van der Waals surface area contributed by atoms with Crippen LogP contribution < -0.4 is 5.32 Å². The van der Waals surface area contributed by atoms with Crippen molar-refractivity contribution >= 4 is 6.08 Å². The summed E-state index contributed by atoms with van der Waals surface area (Å²) in [6.07, 6.45) is 4.92. The Balaban J connectivity index is 2.44. The SMILES string of the molecule is C=C(N=C=O)C1CCCCN1. The molecular weight excluding hydrogens is 140 g/mol. The first-order valence-electron chi connectivity index (χ1n) is 3.84. The van der Waals surface area contributed by atoms with Gasteiger partial charge >= 0.3 is 0 Å². The molecule has 11 heavy (non-hydrogen) atoms. The third-order valence-corrected chi connectivity index (χ3v) is 1.90. The number of carbonyl (C=O) groups excluding carboxylic acids is 1. The molecule has 1 fully saturated rings. The van der Waals surface area contributed by atoms with Gasteiger partial charge in [0.25, 0.3) is 0 Å². The summed E-state index contributed by atoms with van der Waals surface area (Å²) in [5.74, 6) is 0. The zero-order chi connectivity index (χ0) is 8.10. The minimum Gasteiger partial charge on any atom is -0.309 e. The molecule has 1 heterocycles. The lowest BCUT2D eigenvalue weighted by molar-refractivity contribution is 0.438. The molecule has 1 saturated heterocycles. The van der Waals surface area contributed by atoms with Crippen molar-refractivity contribution in [3.8, 4) is 0 Å². The number of rotatable bonds is 2. The molecule has 0 saturated carbocycles. The van der Waals surface area contributed by atoms with Crippen LogP contribution in [0.25, 0.3) is 0 Å². The average molecular weight is 152 g/mol. The molecule has 1 aliphatic rings. The fraction of sp³-hybridized carbons (Fsp3) is 0.625. The predicted octanol–water partition coefficient (Wildman–Crippen LogP) is 0.978. The molecule has 0 radical (unpaired) electrons. The lowest BCUT2D eigenvalue weighted by Gasteiger charge is -2.22. The molecular formula is C8H12N2O. The topological polar surface area (TPSA) is 41.5 Å².